The minimum Gasteiger partial charge on any atom is -0.399 e. The third kappa shape index (κ3) is 2.97. The standard InChI is InChI=1S/C13H10ClF2N3O/c14-11-5-8(17)4-10(13(18)20)12(11)19-9-2-6(15)1-7(16)3-9/h1-5,19H,17H2,(H2,18,20). The number of carbonyl (C=O) groups excluding carboxylic acids is 1. The zero-order valence-corrected chi connectivity index (χ0v) is 10.8. The Kier molecular flexibility index (Phi) is 3.76. The lowest BCUT2D eigenvalue weighted by atomic mass is 10.1. The maximum atomic E-state index is 13.1. The number of anilines is 3. The molecule has 7 heteroatoms. The topological polar surface area (TPSA) is 81.1 Å². The highest BCUT2D eigenvalue weighted by molar-refractivity contribution is 6.34. The van der Waals surface area contributed by atoms with E-state index in [1.807, 2.05) is 0 Å². The van der Waals surface area contributed by atoms with E-state index in [-0.39, 0.29) is 27.6 Å². The molecular weight excluding hydrogens is 288 g/mol. The van der Waals surface area contributed by atoms with E-state index in [2.05, 4.69) is 5.32 Å². The van der Waals surface area contributed by atoms with Gasteiger partial charge in [-0.1, -0.05) is 11.6 Å². The van der Waals surface area contributed by atoms with Gasteiger partial charge in [-0.15, -0.1) is 0 Å². The molecule has 20 heavy (non-hydrogen) atoms. The van der Waals surface area contributed by atoms with Crippen molar-refractivity contribution in [3.05, 3.63) is 52.6 Å². The van der Waals surface area contributed by atoms with E-state index in [0.29, 0.717) is 0 Å². The lowest BCUT2D eigenvalue weighted by molar-refractivity contribution is 0.100. The average Bonchev–Trinajstić information content (AvgIpc) is 2.30. The van der Waals surface area contributed by atoms with Crippen molar-refractivity contribution in [1.29, 1.82) is 0 Å². The van der Waals surface area contributed by atoms with Crippen molar-refractivity contribution in [2.75, 3.05) is 11.1 Å². The normalized spacial score (nSPS) is 10.3. The average molecular weight is 298 g/mol. The van der Waals surface area contributed by atoms with Crippen molar-refractivity contribution >= 4 is 34.6 Å². The Morgan fingerprint density at radius 2 is 1.70 bits per heavy atom. The summed E-state index contributed by atoms with van der Waals surface area (Å²) in [7, 11) is 0. The highest BCUT2D eigenvalue weighted by Gasteiger charge is 2.14. The number of nitrogens with two attached hydrogens (primary N) is 2. The zero-order valence-electron chi connectivity index (χ0n) is 10.1. The first kappa shape index (κ1) is 14.1. The highest BCUT2D eigenvalue weighted by Crippen LogP contribution is 2.32. The quantitative estimate of drug-likeness (QED) is 0.762. The molecule has 104 valence electrons. The second-order valence-corrected chi connectivity index (χ2v) is 4.48. The Morgan fingerprint density at radius 3 is 2.25 bits per heavy atom. The Morgan fingerprint density at radius 1 is 1.10 bits per heavy atom. The Balaban J connectivity index is 2.50. The van der Waals surface area contributed by atoms with Gasteiger partial charge in [0.15, 0.2) is 0 Å². The Hall–Kier alpha value is -2.34. The number of rotatable bonds is 3. The summed E-state index contributed by atoms with van der Waals surface area (Å²) >= 11 is 5.97. The second-order valence-electron chi connectivity index (χ2n) is 4.07. The third-order valence-corrected chi connectivity index (χ3v) is 2.81. The molecule has 0 bridgehead atoms. The van der Waals surface area contributed by atoms with E-state index in [4.69, 9.17) is 23.1 Å². The summed E-state index contributed by atoms with van der Waals surface area (Å²) in [5, 5.41) is 2.78. The van der Waals surface area contributed by atoms with E-state index in [0.717, 1.165) is 18.2 Å². The molecule has 0 radical (unpaired) electrons. The molecule has 1 amide bonds. The first-order valence-corrected chi connectivity index (χ1v) is 5.86. The van der Waals surface area contributed by atoms with Gasteiger partial charge in [0, 0.05) is 17.4 Å². The Labute approximate surface area is 118 Å². The summed E-state index contributed by atoms with van der Waals surface area (Å²) in [4.78, 5) is 11.4. The molecule has 0 heterocycles. The molecule has 0 atom stereocenters. The number of amides is 1. The van der Waals surface area contributed by atoms with Crippen LogP contribution in [0.2, 0.25) is 5.02 Å². The van der Waals surface area contributed by atoms with E-state index in [1.54, 1.807) is 0 Å². The number of halogens is 3. The molecular formula is C13H10ClF2N3O. The van der Waals surface area contributed by atoms with Gasteiger partial charge in [-0.05, 0) is 24.3 Å². The van der Waals surface area contributed by atoms with Gasteiger partial charge in [-0.3, -0.25) is 4.79 Å². The van der Waals surface area contributed by atoms with E-state index in [1.165, 1.54) is 12.1 Å². The molecule has 0 unspecified atom stereocenters. The molecule has 2 aromatic rings. The number of nitrogens with one attached hydrogen (secondary N) is 1. The van der Waals surface area contributed by atoms with Crippen molar-refractivity contribution < 1.29 is 13.6 Å². The summed E-state index contributed by atoms with van der Waals surface area (Å²) in [5.74, 6) is -2.29. The molecule has 2 aromatic carbocycles. The molecule has 0 aromatic heterocycles. The molecule has 5 N–H and O–H groups in total. The van der Waals surface area contributed by atoms with Gasteiger partial charge in [0.1, 0.15) is 11.6 Å². The van der Waals surface area contributed by atoms with Crippen LogP contribution >= 0.6 is 11.6 Å². The van der Waals surface area contributed by atoms with E-state index in [9.17, 15) is 13.6 Å². The SMILES string of the molecule is NC(=O)c1cc(N)cc(Cl)c1Nc1cc(F)cc(F)c1. The number of hydrogen-bond donors (Lipinski definition) is 3. The number of carbonyl (C=O) groups is 1. The van der Waals surface area contributed by atoms with Crippen LogP contribution in [0.1, 0.15) is 10.4 Å². The van der Waals surface area contributed by atoms with Crippen LogP contribution in [0.3, 0.4) is 0 Å². The fourth-order valence-corrected chi connectivity index (χ4v) is 1.99. The molecule has 0 saturated heterocycles. The lowest BCUT2D eigenvalue weighted by Gasteiger charge is -2.13. The summed E-state index contributed by atoms with van der Waals surface area (Å²) in [6.07, 6.45) is 0. The van der Waals surface area contributed by atoms with Gasteiger partial charge < -0.3 is 16.8 Å². The van der Waals surface area contributed by atoms with Gasteiger partial charge in [-0.25, -0.2) is 8.78 Å². The zero-order chi connectivity index (χ0) is 14.9. The maximum Gasteiger partial charge on any atom is 0.250 e. The summed E-state index contributed by atoms with van der Waals surface area (Å²) in [6.45, 7) is 0. The number of primary amides is 1. The van der Waals surface area contributed by atoms with Crippen LogP contribution in [-0.2, 0) is 0 Å². The largest absolute Gasteiger partial charge is 0.399 e. The number of hydrogen-bond acceptors (Lipinski definition) is 3. The van der Waals surface area contributed by atoms with Crippen LogP contribution in [0.25, 0.3) is 0 Å². The van der Waals surface area contributed by atoms with Gasteiger partial charge in [0.25, 0.3) is 5.91 Å². The molecule has 0 spiro atoms. The number of nitrogen functional groups attached to an aromatic ring is 1. The van der Waals surface area contributed by atoms with Crippen LogP contribution in [0.5, 0.6) is 0 Å². The third-order valence-electron chi connectivity index (χ3n) is 2.51. The van der Waals surface area contributed by atoms with Crippen molar-refractivity contribution in [3.8, 4) is 0 Å². The molecule has 0 aliphatic heterocycles. The van der Waals surface area contributed by atoms with Gasteiger partial charge in [0.2, 0.25) is 0 Å². The second kappa shape index (κ2) is 5.34. The van der Waals surface area contributed by atoms with Crippen molar-refractivity contribution in [1.82, 2.24) is 0 Å². The molecule has 0 fully saturated rings. The summed E-state index contributed by atoms with van der Waals surface area (Å²) in [5.41, 5.74) is 11.3. The van der Waals surface area contributed by atoms with Gasteiger partial charge in [0.05, 0.1) is 16.3 Å². The fourth-order valence-electron chi connectivity index (χ4n) is 1.72. The highest BCUT2D eigenvalue weighted by atomic mass is 35.5. The smallest absolute Gasteiger partial charge is 0.250 e. The lowest BCUT2D eigenvalue weighted by Crippen LogP contribution is -2.14. The van der Waals surface area contributed by atoms with E-state index >= 15 is 0 Å². The van der Waals surface area contributed by atoms with E-state index < -0.39 is 17.5 Å². The van der Waals surface area contributed by atoms with Crippen molar-refractivity contribution in [2.24, 2.45) is 5.73 Å². The maximum absolute atomic E-state index is 13.1. The Bertz CT molecular complexity index is 671. The van der Waals surface area contributed by atoms with Crippen LogP contribution < -0.4 is 16.8 Å². The van der Waals surface area contributed by atoms with Gasteiger partial charge >= 0.3 is 0 Å². The van der Waals surface area contributed by atoms with Gasteiger partial charge in [-0.2, -0.15) is 0 Å². The first-order valence-electron chi connectivity index (χ1n) is 5.49. The molecule has 0 aliphatic carbocycles. The summed E-state index contributed by atoms with van der Waals surface area (Å²) in [6, 6.07) is 5.56. The number of benzene rings is 2. The molecule has 2 rings (SSSR count). The summed E-state index contributed by atoms with van der Waals surface area (Å²) < 4.78 is 26.3. The van der Waals surface area contributed by atoms with Crippen LogP contribution in [-0.4, -0.2) is 5.91 Å². The fraction of sp³-hybridized carbons (Fsp3) is 0. The molecule has 0 aliphatic rings. The van der Waals surface area contributed by atoms with Crippen molar-refractivity contribution in [2.45, 2.75) is 0 Å². The van der Waals surface area contributed by atoms with Crippen molar-refractivity contribution in [3.63, 3.8) is 0 Å². The minimum absolute atomic E-state index is 0.0275. The minimum atomic E-state index is -0.765. The van der Waals surface area contributed by atoms with Crippen LogP contribution in [0.15, 0.2) is 30.3 Å². The van der Waals surface area contributed by atoms with Crippen LogP contribution in [0, 0.1) is 11.6 Å². The van der Waals surface area contributed by atoms with Crippen LogP contribution in [0.4, 0.5) is 25.8 Å². The predicted molar refractivity (Wildman–Crippen MR) is 74.0 cm³/mol. The first-order chi connectivity index (χ1) is 9.36. The molecule has 4 nitrogen and oxygen atoms in total. The monoisotopic (exact) mass is 297 g/mol. The predicted octanol–water partition coefficient (Wildman–Crippen LogP) is 3.04. The molecule has 0 saturated carbocycles.